The van der Waals surface area contributed by atoms with Crippen molar-refractivity contribution in [3.8, 4) is 5.75 Å². The van der Waals surface area contributed by atoms with Crippen LogP contribution < -0.4 is 20.9 Å². The number of carbonyl (C=O) groups excluding carboxylic acids is 1. The van der Waals surface area contributed by atoms with Crippen LogP contribution in [0.25, 0.3) is 0 Å². The molecule has 2 aromatic carbocycles. The van der Waals surface area contributed by atoms with Crippen LogP contribution in [-0.2, 0) is 17.5 Å². The fraction of sp³-hybridized carbons (Fsp3) is 0.316. The highest BCUT2D eigenvalue weighted by molar-refractivity contribution is 5.80. The second-order valence-electron chi connectivity index (χ2n) is 6.30. The van der Waals surface area contributed by atoms with Gasteiger partial charge in [-0.1, -0.05) is 24.3 Å². The van der Waals surface area contributed by atoms with Crippen LogP contribution in [0.1, 0.15) is 22.7 Å². The van der Waals surface area contributed by atoms with Gasteiger partial charge in [0.1, 0.15) is 5.75 Å². The standard InChI is InChI=1S/C19H20F3N3O2/c1-27-15-7-3-5-13(9-15)17-16(11-24-25-17)18(26)23-10-12-4-2-6-14(8-12)19(20,21)22/h2-9,16-17,24-25H,10-11H2,1H3,(H,23,26). The van der Waals surface area contributed by atoms with E-state index in [1.54, 1.807) is 13.2 Å². The van der Waals surface area contributed by atoms with E-state index in [2.05, 4.69) is 16.2 Å². The summed E-state index contributed by atoms with van der Waals surface area (Å²) in [6.45, 7) is 0.445. The third-order valence-electron chi connectivity index (χ3n) is 4.49. The molecule has 0 aliphatic carbocycles. The molecule has 3 rings (SSSR count). The molecule has 2 atom stereocenters. The third kappa shape index (κ3) is 4.58. The summed E-state index contributed by atoms with van der Waals surface area (Å²) in [4.78, 5) is 12.6. The Hall–Kier alpha value is -2.58. The third-order valence-corrected chi connectivity index (χ3v) is 4.49. The van der Waals surface area contributed by atoms with Crippen LogP contribution in [-0.4, -0.2) is 19.6 Å². The summed E-state index contributed by atoms with van der Waals surface area (Å²) in [6.07, 6.45) is -4.41. The molecule has 3 N–H and O–H groups in total. The first-order chi connectivity index (χ1) is 12.9. The molecule has 1 aliphatic heterocycles. The molecule has 0 saturated carbocycles. The molecule has 1 amide bonds. The Bertz CT molecular complexity index is 811. The molecule has 5 nitrogen and oxygen atoms in total. The summed E-state index contributed by atoms with van der Waals surface area (Å²) in [7, 11) is 1.57. The molecule has 2 unspecified atom stereocenters. The number of alkyl halides is 3. The monoisotopic (exact) mass is 379 g/mol. The van der Waals surface area contributed by atoms with Gasteiger partial charge in [0.15, 0.2) is 0 Å². The molecule has 0 bridgehead atoms. The Morgan fingerprint density at radius 3 is 2.74 bits per heavy atom. The lowest BCUT2D eigenvalue weighted by Crippen LogP contribution is -2.34. The van der Waals surface area contributed by atoms with Gasteiger partial charge in [-0.3, -0.25) is 10.2 Å². The van der Waals surface area contributed by atoms with Crippen molar-refractivity contribution in [3.63, 3.8) is 0 Å². The van der Waals surface area contributed by atoms with Crippen LogP contribution in [0.2, 0.25) is 0 Å². The first-order valence-corrected chi connectivity index (χ1v) is 8.44. The van der Waals surface area contributed by atoms with Crippen LogP contribution in [0.15, 0.2) is 48.5 Å². The predicted molar refractivity (Wildman–Crippen MR) is 93.7 cm³/mol. The van der Waals surface area contributed by atoms with Crippen molar-refractivity contribution >= 4 is 5.91 Å². The Balaban J connectivity index is 1.67. The molecule has 8 heteroatoms. The van der Waals surface area contributed by atoms with E-state index in [1.807, 2.05) is 24.3 Å². The smallest absolute Gasteiger partial charge is 0.416 e. The first-order valence-electron chi connectivity index (χ1n) is 8.44. The van der Waals surface area contributed by atoms with Gasteiger partial charge in [0.2, 0.25) is 5.91 Å². The van der Waals surface area contributed by atoms with Crippen molar-refractivity contribution in [2.45, 2.75) is 18.8 Å². The van der Waals surface area contributed by atoms with Crippen molar-refractivity contribution < 1.29 is 22.7 Å². The van der Waals surface area contributed by atoms with Gasteiger partial charge in [-0.05, 0) is 35.4 Å². The number of benzene rings is 2. The number of hydrogen-bond acceptors (Lipinski definition) is 4. The van der Waals surface area contributed by atoms with E-state index < -0.39 is 17.7 Å². The van der Waals surface area contributed by atoms with Gasteiger partial charge in [0, 0.05) is 13.1 Å². The van der Waals surface area contributed by atoms with Crippen LogP contribution >= 0.6 is 0 Å². The second-order valence-corrected chi connectivity index (χ2v) is 6.30. The summed E-state index contributed by atoms with van der Waals surface area (Å²) in [5.41, 5.74) is 6.59. The molecule has 0 radical (unpaired) electrons. The lowest BCUT2D eigenvalue weighted by atomic mass is 9.94. The fourth-order valence-electron chi connectivity index (χ4n) is 3.07. The quantitative estimate of drug-likeness (QED) is 0.748. The number of methoxy groups -OCH3 is 1. The Kier molecular flexibility index (Phi) is 5.67. The molecular weight excluding hydrogens is 359 g/mol. The highest BCUT2D eigenvalue weighted by atomic mass is 19.4. The van der Waals surface area contributed by atoms with Crippen LogP contribution in [0.4, 0.5) is 13.2 Å². The van der Waals surface area contributed by atoms with Crippen LogP contribution in [0.3, 0.4) is 0 Å². The van der Waals surface area contributed by atoms with E-state index in [-0.39, 0.29) is 18.5 Å². The zero-order valence-electron chi connectivity index (χ0n) is 14.6. The largest absolute Gasteiger partial charge is 0.497 e. The molecule has 1 fully saturated rings. The van der Waals surface area contributed by atoms with Crippen molar-refractivity contribution in [2.75, 3.05) is 13.7 Å². The Morgan fingerprint density at radius 1 is 1.22 bits per heavy atom. The van der Waals surface area contributed by atoms with Gasteiger partial charge >= 0.3 is 6.18 Å². The SMILES string of the molecule is COc1cccc(C2NNCC2C(=O)NCc2cccc(C(F)(F)F)c2)c1. The second kappa shape index (κ2) is 7.98. The minimum atomic E-state index is -4.41. The van der Waals surface area contributed by atoms with Crippen LogP contribution in [0.5, 0.6) is 5.75 Å². The molecule has 27 heavy (non-hydrogen) atoms. The summed E-state index contributed by atoms with van der Waals surface area (Å²) in [6, 6.07) is 12.1. The minimum Gasteiger partial charge on any atom is -0.497 e. The normalized spacial score (nSPS) is 19.7. The number of halogens is 3. The van der Waals surface area contributed by atoms with Gasteiger partial charge < -0.3 is 10.1 Å². The van der Waals surface area contributed by atoms with Crippen molar-refractivity contribution in [1.29, 1.82) is 0 Å². The predicted octanol–water partition coefficient (Wildman–Crippen LogP) is 2.80. The molecule has 1 heterocycles. The van der Waals surface area contributed by atoms with E-state index in [1.165, 1.54) is 6.07 Å². The lowest BCUT2D eigenvalue weighted by Gasteiger charge is -2.19. The minimum absolute atomic E-state index is 0.0318. The van der Waals surface area contributed by atoms with Gasteiger partial charge in [-0.15, -0.1) is 0 Å². The average molecular weight is 379 g/mol. The van der Waals surface area contributed by atoms with E-state index in [9.17, 15) is 18.0 Å². The zero-order chi connectivity index (χ0) is 19.4. The van der Waals surface area contributed by atoms with Crippen LogP contribution in [0, 0.1) is 5.92 Å². The molecule has 0 spiro atoms. The fourth-order valence-corrected chi connectivity index (χ4v) is 3.07. The van der Waals surface area contributed by atoms with E-state index >= 15 is 0 Å². The number of hydrogen-bond donors (Lipinski definition) is 3. The lowest BCUT2D eigenvalue weighted by molar-refractivity contribution is -0.137. The van der Waals surface area contributed by atoms with E-state index in [4.69, 9.17) is 4.74 Å². The Morgan fingerprint density at radius 2 is 2.00 bits per heavy atom. The number of hydrazine groups is 1. The maximum atomic E-state index is 12.8. The van der Waals surface area contributed by atoms with E-state index in [0.717, 1.165) is 17.7 Å². The summed E-state index contributed by atoms with van der Waals surface area (Å²) >= 11 is 0. The van der Waals surface area contributed by atoms with Crippen molar-refractivity contribution in [1.82, 2.24) is 16.2 Å². The topological polar surface area (TPSA) is 62.4 Å². The highest BCUT2D eigenvalue weighted by Crippen LogP contribution is 2.30. The molecule has 1 aliphatic rings. The van der Waals surface area contributed by atoms with E-state index in [0.29, 0.717) is 17.9 Å². The molecule has 2 aromatic rings. The van der Waals surface area contributed by atoms with Gasteiger partial charge in [-0.2, -0.15) is 13.2 Å². The number of carbonyl (C=O) groups is 1. The number of ether oxygens (including phenoxy) is 1. The Labute approximate surface area is 154 Å². The molecule has 1 saturated heterocycles. The van der Waals surface area contributed by atoms with Crippen molar-refractivity contribution in [2.24, 2.45) is 5.92 Å². The van der Waals surface area contributed by atoms with Gasteiger partial charge in [0.05, 0.1) is 24.6 Å². The van der Waals surface area contributed by atoms with Gasteiger partial charge in [-0.25, -0.2) is 5.43 Å². The number of nitrogens with one attached hydrogen (secondary N) is 3. The molecular formula is C19H20F3N3O2. The first kappa shape index (κ1) is 19.2. The molecule has 0 aromatic heterocycles. The summed E-state index contributed by atoms with van der Waals surface area (Å²) in [5.74, 6) is 0.0463. The number of amides is 1. The molecule has 144 valence electrons. The van der Waals surface area contributed by atoms with Crippen molar-refractivity contribution in [3.05, 3.63) is 65.2 Å². The zero-order valence-corrected chi connectivity index (χ0v) is 14.6. The number of rotatable bonds is 5. The highest BCUT2D eigenvalue weighted by Gasteiger charge is 2.34. The summed E-state index contributed by atoms with van der Waals surface area (Å²) < 4.78 is 43.6. The maximum Gasteiger partial charge on any atom is 0.416 e. The average Bonchev–Trinajstić information content (AvgIpc) is 3.15. The van der Waals surface area contributed by atoms with Gasteiger partial charge in [0.25, 0.3) is 0 Å². The maximum absolute atomic E-state index is 12.8. The summed E-state index contributed by atoms with van der Waals surface area (Å²) in [5, 5.41) is 2.73.